The molecular weight excluding hydrogens is 261 g/mol. The van der Waals surface area contributed by atoms with Crippen LogP contribution in [0, 0.1) is 0 Å². The van der Waals surface area contributed by atoms with Gasteiger partial charge >= 0.3 is 12.1 Å². The van der Waals surface area contributed by atoms with E-state index in [1.165, 1.54) is 19.2 Å². The minimum absolute atomic E-state index is 0.0228. The molecule has 0 aromatic heterocycles. The van der Waals surface area contributed by atoms with E-state index in [1.54, 1.807) is 0 Å². The van der Waals surface area contributed by atoms with E-state index in [4.69, 9.17) is 0 Å². The van der Waals surface area contributed by atoms with Crippen LogP contribution in [0.5, 0.6) is 0 Å². The molecule has 1 saturated carbocycles. The van der Waals surface area contributed by atoms with Gasteiger partial charge in [0.2, 0.25) is 0 Å². The second-order valence-corrected chi connectivity index (χ2v) is 4.54. The van der Waals surface area contributed by atoms with Crippen LogP contribution >= 0.6 is 0 Å². The van der Waals surface area contributed by atoms with Gasteiger partial charge in [-0.3, -0.25) is 9.59 Å². The Hall–Kier alpha value is -1.85. The van der Waals surface area contributed by atoms with E-state index in [0.29, 0.717) is 5.56 Å². The number of methoxy groups -OCH3 is 1. The van der Waals surface area contributed by atoms with Crippen molar-refractivity contribution in [2.45, 2.75) is 24.4 Å². The SMILES string of the molecule is COC(=O)C1(c2ccc(C(F)(F)F)cc2)CC(=O)C1. The zero-order chi connectivity index (χ0) is 14.3. The summed E-state index contributed by atoms with van der Waals surface area (Å²) in [5.74, 6) is -0.697. The molecule has 0 unspecified atom stereocenters. The summed E-state index contributed by atoms with van der Waals surface area (Å²) in [6.45, 7) is 0. The van der Waals surface area contributed by atoms with E-state index >= 15 is 0 Å². The molecule has 1 fully saturated rings. The molecule has 0 heterocycles. The molecule has 1 aromatic rings. The van der Waals surface area contributed by atoms with Gasteiger partial charge in [0, 0.05) is 12.8 Å². The smallest absolute Gasteiger partial charge is 0.416 e. The van der Waals surface area contributed by atoms with Gasteiger partial charge in [-0.05, 0) is 17.7 Å². The Morgan fingerprint density at radius 2 is 1.74 bits per heavy atom. The lowest BCUT2D eigenvalue weighted by atomic mass is 9.63. The molecule has 0 bridgehead atoms. The molecule has 0 aliphatic heterocycles. The summed E-state index contributed by atoms with van der Waals surface area (Å²) < 4.78 is 42.0. The quantitative estimate of drug-likeness (QED) is 0.777. The highest BCUT2D eigenvalue weighted by Crippen LogP contribution is 2.43. The summed E-state index contributed by atoms with van der Waals surface area (Å²) in [7, 11) is 1.19. The van der Waals surface area contributed by atoms with Crippen molar-refractivity contribution in [3.63, 3.8) is 0 Å². The van der Waals surface area contributed by atoms with Crippen molar-refractivity contribution in [3.05, 3.63) is 35.4 Å². The van der Waals surface area contributed by atoms with E-state index in [9.17, 15) is 22.8 Å². The molecule has 1 aromatic carbocycles. The maximum absolute atomic E-state index is 12.5. The average molecular weight is 272 g/mol. The molecule has 0 amide bonds. The highest BCUT2D eigenvalue weighted by atomic mass is 19.4. The van der Waals surface area contributed by atoms with Crippen LogP contribution in [0.1, 0.15) is 24.0 Å². The highest BCUT2D eigenvalue weighted by molar-refractivity contribution is 6.02. The maximum Gasteiger partial charge on any atom is 0.416 e. The van der Waals surface area contributed by atoms with Crippen molar-refractivity contribution < 1.29 is 27.5 Å². The topological polar surface area (TPSA) is 43.4 Å². The number of alkyl halides is 3. The van der Waals surface area contributed by atoms with Gasteiger partial charge < -0.3 is 4.74 Å². The van der Waals surface area contributed by atoms with E-state index < -0.39 is 23.1 Å². The van der Waals surface area contributed by atoms with Gasteiger partial charge in [-0.1, -0.05) is 12.1 Å². The van der Waals surface area contributed by atoms with Crippen molar-refractivity contribution >= 4 is 11.8 Å². The van der Waals surface area contributed by atoms with E-state index in [1.807, 2.05) is 0 Å². The molecule has 102 valence electrons. The number of rotatable bonds is 2. The summed E-state index contributed by atoms with van der Waals surface area (Å²) in [6, 6.07) is 4.27. The molecule has 1 aliphatic carbocycles. The highest BCUT2D eigenvalue weighted by Gasteiger charge is 2.52. The zero-order valence-corrected chi connectivity index (χ0v) is 10.1. The molecule has 3 nitrogen and oxygen atoms in total. The third kappa shape index (κ3) is 2.22. The van der Waals surface area contributed by atoms with Gasteiger partial charge in [-0.25, -0.2) is 0 Å². The first-order valence-corrected chi connectivity index (χ1v) is 5.57. The van der Waals surface area contributed by atoms with Crippen LogP contribution in [-0.4, -0.2) is 18.9 Å². The lowest BCUT2D eigenvalue weighted by molar-refractivity contribution is -0.156. The van der Waals surface area contributed by atoms with Gasteiger partial charge in [0.25, 0.3) is 0 Å². The minimum atomic E-state index is -4.42. The van der Waals surface area contributed by atoms with Crippen molar-refractivity contribution in [2.75, 3.05) is 7.11 Å². The Kier molecular flexibility index (Phi) is 3.12. The normalized spacial score (nSPS) is 17.8. The molecular formula is C13H11F3O3. The summed E-state index contributed by atoms with van der Waals surface area (Å²) in [4.78, 5) is 22.9. The molecule has 0 saturated heterocycles. The monoisotopic (exact) mass is 272 g/mol. The van der Waals surface area contributed by atoms with Crippen LogP contribution in [0.15, 0.2) is 24.3 Å². The Balaban J connectivity index is 2.35. The van der Waals surface area contributed by atoms with Crippen LogP contribution < -0.4 is 0 Å². The summed E-state index contributed by atoms with van der Waals surface area (Å²) in [6.07, 6.45) is -4.47. The van der Waals surface area contributed by atoms with Crippen LogP contribution in [0.3, 0.4) is 0 Å². The number of esters is 1. The molecule has 2 rings (SSSR count). The molecule has 19 heavy (non-hydrogen) atoms. The molecule has 0 spiro atoms. The van der Waals surface area contributed by atoms with E-state index in [2.05, 4.69) is 4.74 Å². The zero-order valence-electron chi connectivity index (χ0n) is 10.1. The van der Waals surface area contributed by atoms with E-state index in [0.717, 1.165) is 12.1 Å². The number of Topliss-reactive ketones (excluding diaryl/α,β-unsaturated/α-hetero) is 1. The lowest BCUT2D eigenvalue weighted by Gasteiger charge is -2.37. The van der Waals surface area contributed by atoms with Gasteiger partial charge in [0.15, 0.2) is 0 Å². The van der Waals surface area contributed by atoms with Crippen LogP contribution in [-0.2, 0) is 25.9 Å². The second kappa shape index (κ2) is 4.36. The number of ketones is 1. The lowest BCUT2D eigenvalue weighted by Crippen LogP contribution is -2.49. The van der Waals surface area contributed by atoms with Crippen LogP contribution in [0.4, 0.5) is 13.2 Å². The van der Waals surface area contributed by atoms with Gasteiger partial charge in [-0.15, -0.1) is 0 Å². The minimum Gasteiger partial charge on any atom is -0.468 e. The number of ether oxygens (including phenoxy) is 1. The number of carbonyl (C=O) groups excluding carboxylic acids is 2. The Bertz CT molecular complexity index is 509. The fraction of sp³-hybridized carbons (Fsp3) is 0.385. The van der Waals surface area contributed by atoms with E-state index in [-0.39, 0.29) is 18.6 Å². The summed E-state index contributed by atoms with van der Waals surface area (Å²) in [5, 5.41) is 0. The van der Waals surface area contributed by atoms with Gasteiger partial charge in [-0.2, -0.15) is 13.2 Å². The van der Waals surface area contributed by atoms with Gasteiger partial charge in [0.1, 0.15) is 11.2 Å². The predicted octanol–water partition coefficient (Wildman–Crippen LogP) is 2.48. The van der Waals surface area contributed by atoms with Crippen molar-refractivity contribution in [2.24, 2.45) is 0 Å². The van der Waals surface area contributed by atoms with Crippen LogP contribution in [0.2, 0.25) is 0 Å². The number of hydrogen-bond donors (Lipinski definition) is 0. The fourth-order valence-corrected chi connectivity index (χ4v) is 2.26. The van der Waals surface area contributed by atoms with Crippen molar-refractivity contribution in [1.29, 1.82) is 0 Å². The summed E-state index contributed by atoms with van der Waals surface area (Å²) in [5.41, 5.74) is -1.52. The summed E-state index contributed by atoms with van der Waals surface area (Å²) >= 11 is 0. The maximum atomic E-state index is 12.5. The average Bonchev–Trinajstić information content (AvgIpc) is 2.33. The molecule has 6 heteroatoms. The first kappa shape index (κ1) is 13.6. The van der Waals surface area contributed by atoms with Crippen LogP contribution in [0.25, 0.3) is 0 Å². The molecule has 0 N–H and O–H groups in total. The number of halogens is 3. The molecule has 0 atom stereocenters. The van der Waals surface area contributed by atoms with Crippen molar-refractivity contribution in [1.82, 2.24) is 0 Å². The third-order valence-corrected chi connectivity index (χ3v) is 3.34. The molecule has 0 radical (unpaired) electrons. The number of benzene rings is 1. The first-order valence-electron chi connectivity index (χ1n) is 5.57. The largest absolute Gasteiger partial charge is 0.468 e. The Morgan fingerprint density at radius 3 is 2.11 bits per heavy atom. The Labute approximate surface area is 107 Å². The predicted molar refractivity (Wildman–Crippen MR) is 59.4 cm³/mol. The first-order chi connectivity index (χ1) is 8.79. The second-order valence-electron chi connectivity index (χ2n) is 4.54. The standard InChI is InChI=1S/C13H11F3O3/c1-19-11(18)12(6-10(17)7-12)8-2-4-9(5-3-8)13(14,15)16/h2-5H,6-7H2,1H3. The number of hydrogen-bond acceptors (Lipinski definition) is 3. The fourth-order valence-electron chi connectivity index (χ4n) is 2.26. The number of carbonyl (C=O) groups is 2. The van der Waals surface area contributed by atoms with Crippen molar-refractivity contribution in [3.8, 4) is 0 Å². The molecule has 1 aliphatic rings. The third-order valence-electron chi connectivity index (χ3n) is 3.34. The Morgan fingerprint density at radius 1 is 1.21 bits per heavy atom. The van der Waals surface area contributed by atoms with Gasteiger partial charge in [0.05, 0.1) is 12.7 Å².